The number of anilines is 3. The number of nitrogens with zero attached hydrogens (tertiary/aromatic N) is 1. The van der Waals surface area contributed by atoms with Crippen LogP contribution in [-0.2, 0) is 14.4 Å². The van der Waals surface area contributed by atoms with E-state index in [1.807, 2.05) is 32.0 Å². The Morgan fingerprint density at radius 2 is 1.47 bits per heavy atom. The summed E-state index contributed by atoms with van der Waals surface area (Å²) in [5, 5.41) is 5.84. The highest BCUT2D eigenvalue weighted by Gasteiger charge is 2.40. The summed E-state index contributed by atoms with van der Waals surface area (Å²) in [5.41, 5.74) is 4.97. The Balaban J connectivity index is 1.76. The molecule has 0 bridgehead atoms. The molecule has 4 rings (SSSR count). The predicted octanol–water partition coefficient (Wildman–Crippen LogP) is 4.67. The first-order valence-corrected chi connectivity index (χ1v) is 10.8. The lowest BCUT2D eigenvalue weighted by Gasteiger charge is -2.16. The van der Waals surface area contributed by atoms with Crippen molar-refractivity contribution in [3.63, 3.8) is 0 Å². The van der Waals surface area contributed by atoms with Gasteiger partial charge in [-0.15, -0.1) is 0 Å². The molecule has 1 heterocycles. The van der Waals surface area contributed by atoms with Gasteiger partial charge in [-0.3, -0.25) is 14.4 Å². The van der Waals surface area contributed by atoms with E-state index in [1.54, 1.807) is 55.6 Å². The summed E-state index contributed by atoms with van der Waals surface area (Å²) < 4.78 is 5.20. The second-order valence-electron chi connectivity index (χ2n) is 8.08. The molecule has 0 aromatic heterocycles. The molecule has 3 aromatic carbocycles. The number of methoxy groups -OCH3 is 1. The highest BCUT2D eigenvalue weighted by Crippen LogP contribution is 2.35. The van der Waals surface area contributed by atoms with Crippen LogP contribution >= 0.6 is 0 Å². The molecule has 0 unspecified atom stereocenters. The van der Waals surface area contributed by atoms with Gasteiger partial charge >= 0.3 is 0 Å². The molecule has 34 heavy (non-hydrogen) atoms. The quantitative estimate of drug-likeness (QED) is 0.528. The smallest absolute Gasteiger partial charge is 0.282 e. The van der Waals surface area contributed by atoms with Gasteiger partial charge in [0.25, 0.3) is 11.8 Å². The molecule has 172 valence electrons. The van der Waals surface area contributed by atoms with Crippen LogP contribution in [0, 0.1) is 13.8 Å². The summed E-state index contributed by atoms with van der Waals surface area (Å²) in [6.45, 7) is 5.40. The third-order valence-electron chi connectivity index (χ3n) is 5.68. The number of imide groups is 1. The number of aryl methyl sites for hydroxylation is 2. The number of hydrogen-bond acceptors (Lipinski definition) is 5. The molecule has 0 saturated carbocycles. The Labute approximate surface area is 198 Å². The van der Waals surface area contributed by atoms with E-state index in [1.165, 1.54) is 6.92 Å². The van der Waals surface area contributed by atoms with Crippen LogP contribution in [0.5, 0.6) is 5.75 Å². The Hall–Kier alpha value is -4.39. The normalized spacial score (nSPS) is 13.4. The van der Waals surface area contributed by atoms with Crippen molar-refractivity contribution in [3.8, 4) is 5.75 Å². The molecule has 3 aromatic rings. The van der Waals surface area contributed by atoms with Crippen LogP contribution in [0.2, 0.25) is 0 Å². The summed E-state index contributed by atoms with van der Waals surface area (Å²) in [5.74, 6) is -0.403. The van der Waals surface area contributed by atoms with Crippen molar-refractivity contribution < 1.29 is 19.1 Å². The first kappa shape index (κ1) is 22.8. The van der Waals surface area contributed by atoms with Crippen LogP contribution in [0.1, 0.15) is 23.6 Å². The second kappa shape index (κ2) is 9.23. The second-order valence-corrected chi connectivity index (χ2v) is 8.08. The molecule has 1 aliphatic rings. The molecular weight excluding hydrogens is 430 g/mol. The van der Waals surface area contributed by atoms with E-state index in [-0.39, 0.29) is 11.6 Å². The van der Waals surface area contributed by atoms with Gasteiger partial charge in [-0.25, -0.2) is 4.90 Å². The number of carbonyl (C=O) groups is 3. The van der Waals surface area contributed by atoms with Gasteiger partial charge in [0.2, 0.25) is 5.91 Å². The fraction of sp³-hybridized carbons (Fsp3) is 0.148. The summed E-state index contributed by atoms with van der Waals surface area (Å²) in [7, 11) is 1.56. The van der Waals surface area contributed by atoms with E-state index in [9.17, 15) is 14.4 Å². The van der Waals surface area contributed by atoms with Crippen molar-refractivity contribution in [1.82, 2.24) is 0 Å². The molecular formula is C27H25N3O4. The first-order chi connectivity index (χ1) is 16.3. The number of carbonyl (C=O) groups excluding carboxylic acids is 3. The number of ether oxygens (including phenoxy) is 1. The van der Waals surface area contributed by atoms with Crippen LogP contribution < -0.4 is 20.3 Å². The minimum absolute atomic E-state index is 0.174. The number of benzene rings is 3. The monoisotopic (exact) mass is 455 g/mol. The fourth-order valence-corrected chi connectivity index (χ4v) is 3.76. The average molecular weight is 456 g/mol. The van der Waals surface area contributed by atoms with Gasteiger partial charge in [-0.05, 0) is 79.1 Å². The number of amides is 3. The first-order valence-electron chi connectivity index (χ1n) is 10.8. The maximum Gasteiger partial charge on any atom is 0.282 e. The summed E-state index contributed by atoms with van der Waals surface area (Å²) in [4.78, 5) is 39.5. The van der Waals surface area contributed by atoms with Crippen molar-refractivity contribution in [2.75, 3.05) is 22.6 Å². The summed E-state index contributed by atoms with van der Waals surface area (Å²) in [6, 6.07) is 19.4. The molecule has 0 spiro atoms. The van der Waals surface area contributed by atoms with Crippen molar-refractivity contribution in [2.24, 2.45) is 0 Å². The van der Waals surface area contributed by atoms with Crippen LogP contribution in [-0.4, -0.2) is 24.8 Å². The van der Waals surface area contributed by atoms with E-state index >= 15 is 0 Å². The van der Waals surface area contributed by atoms with Crippen LogP contribution in [0.25, 0.3) is 5.57 Å². The zero-order chi connectivity index (χ0) is 24.4. The lowest BCUT2D eigenvalue weighted by molar-refractivity contribution is -0.120. The van der Waals surface area contributed by atoms with Gasteiger partial charge in [0.15, 0.2) is 0 Å². The van der Waals surface area contributed by atoms with Crippen molar-refractivity contribution in [2.45, 2.75) is 20.8 Å². The average Bonchev–Trinajstić information content (AvgIpc) is 3.06. The largest absolute Gasteiger partial charge is 0.497 e. The van der Waals surface area contributed by atoms with Gasteiger partial charge in [0, 0.05) is 18.3 Å². The molecule has 0 radical (unpaired) electrons. The maximum atomic E-state index is 13.6. The highest BCUT2D eigenvalue weighted by molar-refractivity contribution is 6.46. The molecule has 7 heteroatoms. The summed E-state index contributed by atoms with van der Waals surface area (Å²) >= 11 is 0. The Bertz CT molecular complexity index is 1310. The van der Waals surface area contributed by atoms with E-state index in [4.69, 9.17) is 4.74 Å². The number of hydrogen-bond donors (Lipinski definition) is 2. The van der Waals surface area contributed by atoms with E-state index in [0.29, 0.717) is 33.9 Å². The molecule has 7 nitrogen and oxygen atoms in total. The van der Waals surface area contributed by atoms with Gasteiger partial charge in [-0.2, -0.15) is 0 Å². The topological polar surface area (TPSA) is 87.7 Å². The molecule has 0 atom stereocenters. The third-order valence-corrected chi connectivity index (χ3v) is 5.68. The molecule has 1 aliphatic heterocycles. The van der Waals surface area contributed by atoms with E-state index in [0.717, 1.165) is 16.0 Å². The lowest BCUT2D eigenvalue weighted by atomic mass is 9.99. The molecule has 3 amide bonds. The molecule has 0 saturated heterocycles. The van der Waals surface area contributed by atoms with Gasteiger partial charge in [-0.1, -0.05) is 18.2 Å². The van der Waals surface area contributed by atoms with Gasteiger partial charge < -0.3 is 15.4 Å². The van der Waals surface area contributed by atoms with Crippen molar-refractivity contribution in [3.05, 3.63) is 89.1 Å². The summed E-state index contributed by atoms with van der Waals surface area (Å²) in [6.07, 6.45) is 0. The SMILES string of the molecule is COc1ccc(N2C(=O)C(Nc3ccc(NC(C)=O)cc3)=C(c3ccc(C)c(C)c3)C2=O)cc1. The zero-order valence-electron chi connectivity index (χ0n) is 19.4. The number of rotatable bonds is 6. The van der Waals surface area contributed by atoms with E-state index < -0.39 is 11.8 Å². The van der Waals surface area contributed by atoms with E-state index in [2.05, 4.69) is 10.6 Å². The molecule has 0 aliphatic carbocycles. The lowest BCUT2D eigenvalue weighted by Crippen LogP contribution is -2.32. The minimum atomic E-state index is -0.450. The van der Waals surface area contributed by atoms with Crippen molar-refractivity contribution in [1.29, 1.82) is 0 Å². The number of nitrogens with one attached hydrogen (secondary N) is 2. The molecule has 0 fully saturated rings. The van der Waals surface area contributed by atoms with Gasteiger partial charge in [0.1, 0.15) is 11.4 Å². The Morgan fingerprint density at radius 3 is 2.06 bits per heavy atom. The Morgan fingerprint density at radius 1 is 0.824 bits per heavy atom. The molecule has 2 N–H and O–H groups in total. The predicted molar refractivity (Wildman–Crippen MR) is 133 cm³/mol. The fourth-order valence-electron chi connectivity index (χ4n) is 3.76. The Kier molecular flexibility index (Phi) is 6.19. The van der Waals surface area contributed by atoms with Crippen LogP contribution in [0.15, 0.2) is 72.4 Å². The van der Waals surface area contributed by atoms with Gasteiger partial charge in [0.05, 0.1) is 18.4 Å². The zero-order valence-corrected chi connectivity index (χ0v) is 19.4. The van der Waals surface area contributed by atoms with Crippen LogP contribution in [0.4, 0.5) is 17.1 Å². The highest BCUT2D eigenvalue weighted by atomic mass is 16.5. The standard InChI is InChI=1S/C27H25N3O4/c1-16-5-6-19(15-17(16)2)24-25(29-21-9-7-20(8-10-21)28-18(3)31)27(33)30(26(24)32)22-11-13-23(34-4)14-12-22/h5-15,29H,1-4H3,(H,28,31). The maximum absolute atomic E-state index is 13.6. The van der Waals surface area contributed by atoms with Crippen molar-refractivity contribution >= 4 is 40.4 Å². The van der Waals surface area contributed by atoms with Crippen LogP contribution in [0.3, 0.4) is 0 Å². The third kappa shape index (κ3) is 4.41. The minimum Gasteiger partial charge on any atom is -0.497 e.